The highest BCUT2D eigenvalue weighted by atomic mass is 15.1. The number of fused-ring (bicyclic) bond motifs is 1. The van der Waals surface area contributed by atoms with Crippen LogP contribution in [0, 0.1) is 11.3 Å². The van der Waals surface area contributed by atoms with E-state index in [1.165, 1.54) is 0 Å². The Morgan fingerprint density at radius 1 is 1.47 bits per heavy atom. The first-order valence-electron chi connectivity index (χ1n) is 6.67. The van der Waals surface area contributed by atoms with E-state index in [9.17, 15) is 5.26 Å². The normalized spacial score (nSPS) is 15.9. The molecule has 0 spiro atoms. The van der Waals surface area contributed by atoms with Gasteiger partial charge in [-0.3, -0.25) is 5.32 Å². The molecule has 1 aromatic carbocycles. The van der Waals surface area contributed by atoms with Crippen LogP contribution in [-0.2, 0) is 0 Å². The highest BCUT2D eigenvalue weighted by Gasteiger charge is 2.26. The van der Waals surface area contributed by atoms with Crippen molar-refractivity contribution >= 4 is 11.0 Å². The molecular weight excluding hydrogens is 236 g/mol. The Labute approximate surface area is 114 Å². The van der Waals surface area contributed by atoms with Crippen LogP contribution in [0.4, 0.5) is 0 Å². The van der Waals surface area contributed by atoms with Gasteiger partial charge in [-0.2, -0.15) is 5.26 Å². The minimum atomic E-state index is -0.500. The Hall–Kier alpha value is -1.86. The Kier molecular flexibility index (Phi) is 3.87. The van der Waals surface area contributed by atoms with Crippen LogP contribution in [0.1, 0.15) is 33.2 Å². The Balaban J connectivity index is 2.25. The average molecular weight is 256 g/mol. The molecule has 2 unspecified atom stereocenters. The summed E-state index contributed by atoms with van der Waals surface area (Å²) in [5, 5.41) is 12.6. The SMILES string of the molecule is CCNC(C)(C#N)CC(C)n1cnc2ccccc21. The fourth-order valence-electron chi connectivity index (χ4n) is 2.57. The van der Waals surface area contributed by atoms with Gasteiger partial charge >= 0.3 is 0 Å². The van der Waals surface area contributed by atoms with Crippen LogP contribution in [0.5, 0.6) is 0 Å². The molecular formula is C15H20N4. The predicted octanol–water partition coefficient (Wildman–Crippen LogP) is 2.88. The Morgan fingerprint density at radius 3 is 2.89 bits per heavy atom. The van der Waals surface area contributed by atoms with Gasteiger partial charge in [-0.1, -0.05) is 19.1 Å². The fourth-order valence-corrected chi connectivity index (χ4v) is 2.57. The predicted molar refractivity (Wildman–Crippen MR) is 76.8 cm³/mol. The second kappa shape index (κ2) is 5.41. The van der Waals surface area contributed by atoms with Gasteiger partial charge in [-0.25, -0.2) is 4.98 Å². The van der Waals surface area contributed by atoms with Crippen molar-refractivity contribution in [1.29, 1.82) is 5.26 Å². The molecule has 0 fully saturated rings. The summed E-state index contributed by atoms with van der Waals surface area (Å²) in [4.78, 5) is 4.40. The molecule has 2 aromatic rings. The summed E-state index contributed by atoms with van der Waals surface area (Å²) in [6.45, 7) is 6.89. The number of hydrogen-bond acceptors (Lipinski definition) is 3. The lowest BCUT2D eigenvalue weighted by atomic mass is 9.95. The van der Waals surface area contributed by atoms with Gasteiger partial charge in [0.15, 0.2) is 0 Å². The maximum Gasteiger partial charge on any atom is 0.105 e. The quantitative estimate of drug-likeness (QED) is 0.895. The molecule has 4 nitrogen and oxygen atoms in total. The van der Waals surface area contributed by atoms with E-state index in [0.717, 1.165) is 24.0 Å². The summed E-state index contributed by atoms with van der Waals surface area (Å²) in [7, 11) is 0. The summed E-state index contributed by atoms with van der Waals surface area (Å²) in [5.41, 5.74) is 1.61. The first-order valence-corrected chi connectivity index (χ1v) is 6.67. The van der Waals surface area contributed by atoms with Crippen molar-refractivity contribution in [2.24, 2.45) is 0 Å². The number of imidazole rings is 1. The summed E-state index contributed by atoms with van der Waals surface area (Å²) < 4.78 is 2.14. The van der Waals surface area contributed by atoms with Gasteiger partial charge < -0.3 is 4.57 Å². The number of nitrogens with zero attached hydrogens (tertiary/aromatic N) is 3. The molecule has 0 radical (unpaired) electrons. The van der Waals surface area contributed by atoms with E-state index in [-0.39, 0.29) is 6.04 Å². The van der Waals surface area contributed by atoms with Gasteiger partial charge in [0.05, 0.1) is 23.4 Å². The van der Waals surface area contributed by atoms with E-state index in [0.29, 0.717) is 0 Å². The van der Waals surface area contributed by atoms with Crippen LogP contribution < -0.4 is 5.32 Å². The highest BCUT2D eigenvalue weighted by molar-refractivity contribution is 5.75. The second-order valence-corrected chi connectivity index (χ2v) is 5.17. The largest absolute Gasteiger partial charge is 0.328 e. The molecule has 0 saturated heterocycles. The van der Waals surface area contributed by atoms with Gasteiger partial charge in [-0.05, 0) is 38.9 Å². The zero-order valence-electron chi connectivity index (χ0n) is 11.7. The Bertz CT molecular complexity index is 595. The molecule has 0 aliphatic heterocycles. The summed E-state index contributed by atoms with van der Waals surface area (Å²) in [5.74, 6) is 0. The number of hydrogen-bond donors (Lipinski definition) is 1. The first-order chi connectivity index (χ1) is 9.09. The molecule has 1 aromatic heterocycles. The topological polar surface area (TPSA) is 53.6 Å². The smallest absolute Gasteiger partial charge is 0.105 e. The van der Waals surface area contributed by atoms with E-state index >= 15 is 0 Å². The van der Waals surface area contributed by atoms with Crippen LogP contribution >= 0.6 is 0 Å². The Morgan fingerprint density at radius 2 is 2.21 bits per heavy atom. The summed E-state index contributed by atoms with van der Waals surface area (Å²) >= 11 is 0. The third-order valence-corrected chi connectivity index (χ3v) is 3.47. The van der Waals surface area contributed by atoms with Crippen molar-refractivity contribution in [1.82, 2.24) is 14.9 Å². The highest BCUT2D eigenvalue weighted by Crippen LogP contribution is 2.24. The van der Waals surface area contributed by atoms with Crippen LogP contribution in [0.3, 0.4) is 0 Å². The van der Waals surface area contributed by atoms with Crippen molar-refractivity contribution in [2.75, 3.05) is 6.54 Å². The average Bonchev–Trinajstić information content (AvgIpc) is 2.83. The molecule has 100 valence electrons. The van der Waals surface area contributed by atoms with Crippen LogP contribution in [-0.4, -0.2) is 21.6 Å². The number of nitriles is 1. The van der Waals surface area contributed by atoms with E-state index in [4.69, 9.17) is 0 Å². The molecule has 2 atom stereocenters. The lowest BCUT2D eigenvalue weighted by Crippen LogP contribution is -2.42. The van der Waals surface area contributed by atoms with Crippen molar-refractivity contribution in [3.8, 4) is 6.07 Å². The zero-order chi connectivity index (χ0) is 13.9. The molecule has 0 aliphatic rings. The molecule has 2 rings (SSSR count). The zero-order valence-corrected chi connectivity index (χ0v) is 11.7. The third kappa shape index (κ3) is 2.77. The minimum absolute atomic E-state index is 0.219. The van der Waals surface area contributed by atoms with Crippen LogP contribution in [0.25, 0.3) is 11.0 Å². The van der Waals surface area contributed by atoms with Crippen molar-refractivity contribution in [3.63, 3.8) is 0 Å². The van der Waals surface area contributed by atoms with E-state index in [2.05, 4.69) is 33.9 Å². The molecule has 0 aliphatic carbocycles. The van der Waals surface area contributed by atoms with Crippen LogP contribution in [0.2, 0.25) is 0 Å². The second-order valence-electron chi connectivity index (χ2n) is 5.17. The lowest BCUT2D eigenvalue weighted by Gasteiger charge is -2.27. The standard InChI is InChI=1S/C15H20N4/c1-4-18-15(3,10-16)9-12(2)19-11-17-13-7-5-6-8-14(13)19/h5-8,11-12,18H,4,9H2,1-3H3. The summed E-state index contributed by atoms with van der Waals surface area (Å²) in [6.07, 6.45) is 2.61. The minimum Gasteiger partial charge on any atom is -0.328 e. The lowest BCUT2D eigenvalue weighted by molar-refractivity contribution is 0.357. The monoisotopic (exact) mass is 256 g/mol. The van der Waals surface area contributed by atoms with Gasteiger partial charge in [0.2, 0.25) is 0 Å². The van der Waals surface area contributed by atoms with E-state index < -0.39 is 5.54 Å². The number of rotatable bonds is 5. The molecule has 0 saturated carbocycles. The van der Waals surface area contributed by atoms with Gasteiger partial charge in [0.1, 0.15) is 5.54 Å². The number of benzene rings is 1. The fraction of sp³-hybridized carbons (Fsp3) is 0.467. The maximum absolute atomic E-state index is 9.34. The van der Waals surface area contributed by atoms with Crippen molar-refractivity contribution < 1.29 is 0 Å². The molecule has 1 heterocycles. The molecule has 19 heavy (non-hydrogen) atoms. The summed E-state index contributed by atoms with van der Waals surface area (Å²) in [6, 6.07) is 10.7. The molecule has 1 N–H and O–H groups in total. The van der Waals surface area contributed by atoms with Gasteiger partial charge in [0.25, 0.3) is 0 Å². The van der Waals surface area contributed by atoms with Crippen molar-refractivity contribution in [3.05, 3.63) is 30.6 Å². The van der Waals surface area contributed by atoms with E-state index in [1.54, 1.807) is 0 Å². The third-order valence-electron chi connectivity index (χ3n) is 3.47. The van der Waals surface area contributed by atoms with Crippen LogP contribution in [0.15, 0.2) is 30.6 Å². The first kappa shape index (κ1) is 13.6. The van der Waals surface area contributed by atoms with Gasteiger partial charge in [-0.15, -0.1) is 0 Å². The maximum atomic E-state index is 9.34. The number of aromatic nitrogens is 2. The van der Waals surface area contributed by atoms with Gasteiger partial charge in [0, 0.05) is 6.04 Å². The molecule has 4 heteroatoms. The molecule has 0 bridgehead atoms. The number of nitrogens with one attached hydrogen (secondary N) is 1. The number of para-hydroxylation sites is 2. The van der Waals surface area contributed by atoms with Crippen molar-refractivity contribution in [2.45, 2.75) is 38.8 Å². The molecule has 0 amide bonds. The van der Waals surface area contributed by atoms with E-state index in [1.807, 2.05) is 38.4 Å².